The fourth-order valence-electron chi connectivity index (χ4n) is 0. The van der Waals surface area contributed by atoms with Gasteiger partial charge in [0.15, 0.2) is 0 Å². The quantitative estimate of drug-likeness (QED) is 0.322. The van der Waals surface area contributed by atoms with Crippen LogP contribution in [0.2, 0.25) is 0 Å². The second-order valence-corrected chi connectivity index (χ2v) is 1.34. The predicted octanol–water partition coefficient (Wildman–Crippen LogP) is -1.69. The SMILES string of the molecule is O=S(=O)(O)O.[CaH2].[O]. The zero-order valence-corrected chi connectivity index (χ0v) is 3.34. The topological polar surface area (TPSA) is 103 Å². The first-order valence-electron chi connectivity index (χ1n) is 0.698. The van der Waals surface area contributed by atoms with Crippen LogP contribution in [0.15, 0.2) is 0 Å². The summed E-state index contributed by atoms with van der Waals surface area (Å²) in [5.41, 5.74) is 0. The van der Waals surface area contributed by atoms with Gasteiger partial charge in [-0.25, -0.2) is 0 Å². The van der Waals surface area contributed by atoms with E-state index in [0.717, 1.165) is 0 Å². The van der Waals surface area contributed by atoms with Crippen molar-refractivity contribution in [1.82, 2.24) is 0 Å². The molecule has 2 N–H and O–H groups in total. The molecule has 42 valence electrons. The molecule has 0 saturated carbocycles. The summed E-state index contributed by atoms with van der Waals surface area (Å²) in [5, 5.41) is 0. The Bertz CT molecular complexity index is 91.2. The van der Waals surface area contributed by atoms with Gasteiger partial charge in [-0.2, -0.15) is 8.42 Å². The van der Waals surface area contributed by atoms with Gasteiger partial charge in [-0.15, -0.1) is 0 Å². The third kappa shape index (κ3) is 155. The van der Waals surface area contributed by atoms with Crippen molar-refractivity contribution in [3.05, 3.63) is 0 Å². The van der Waals surface area contributed by atoms with Crippen molar-refractivity contribution in [2.75, 3.05) is 0 Å². The molecule has 0 spiro atoms. The van der Waals surface area contributed by atoms with E-state index in [1.54, 1.807) is 0 Å². The first-order valence-corrected chi connectivity index (χ1v) is 2.10. The van der Waals surface area contributed by atoms with Gasteiger partial charge in [0.1, 0.15) is 0 Å². The van der Waals surface area contributed by atoms with Gasteiger partial charge in [-0.1, -0.05) is 0 Å². The third-order valence-corrected chi connectivity index (χ3v) is 0. The minimum absolute atomic E-state index is 0. The maximum absolute atomic E-state index is 8.74. The van der Waals surface area contributed by atoms with Gasteiger partial charge in [0.25, 0.3) is 0 Å². The largest absolute Gasteiger partial charge is 0 e. The summed E-state index contributed by atoms with van der Waals surface area (Å²) in [4.78, 5) is 0. The first kappa shape index (κ1) is 15.7. The molecule has 0 bridgehead atoms. The van der Waals surface area contributed by atoms with Crippen molar-refractivity contribution < 1.29 is 23.0 Å². The van der Waals surface area contributed by atoms with Crippen LogP contribution in [0.5, 0.6) is 0 Å². The molecule has 0 heterocycles. The van der Waals surface area contributed by atoms with E-state index >= 15 is 0 Å². The predicted molar refractivity (Wildman–Crippen MR) is 23.4 cm³/mol. The zero-order chi connectivity index (χ0) is 4.50. The first-order chi connectivity index (χ1) is 2.00. The van der Waals surface area contributed by atoms with E-state index in [1.165, 1.54) is 0 Å². The van der Waals surface area contributed by atoms with Crippen LogP contribution in [0, 0.1) is 0 Å². The molecule has 0 aliphatic rings. The third-order valence-electron chi connectivity index (χ3n) is 0. The van der Waals surface area contributed by atoms with Crippen LogP contribution >= 0.6 is 0 Å². The molecule has 0 aliphatic heterocycles. The molecule has 0 fully saturated rings. The average molecular weight is 156 g/mol. The van der Waals surface area contributed by atoms with Gasteiger partial charge >= 0.3 is 48.1 Å². The summed E-state index contributed by atoms with van der Waals surface area (Å²) in [6.07, 6.45) is 0. The van der Waals surface area contributed by atoms with Crippen molar-refractivity contribution in [2.24, 2.45) is 0 Å². The summed E-state index contributed by atoms with van der Waals surface area (Å²) >= 11 is 0. The number of hydrogen-bond acceptors (Lipinski definition) is 2. The van der Waals surface area contributed by atoms with E-state index in [0.29, 0.717) is 0 Å². The molecule has 0 aromatic rings. The summed E-state index contributed by atoms with van der Waals surface area (Å²) in [6, 6.07) is 0. The Hall–Kier alpha value is 1.09. The molecule has 7 heavy (non-hydrogen) atoms. The van der Waals surface area contributed by atoms with Crippen molar-refractivity contribution in [2.45, 2.75) is 0 Å². The van der Waals surface area contributed by atoms with Gasteiger partial charge < -0.3 is 0 Å². The number of hydrogen-bond donors (Lipinski definition) is 2. The Labute approximate surface area is 70.6 Å². The van der Waals surface area contributed by atoms with E-state index in [4.69, 9.17) is 17.5 Å². The Kier molecular flexibility index (Phi) is 11.7. The molecule has 0 aromatic heterocycles. The maximum Gasteiger partial charge on any atom is 0 e. The van der Waals surface area contributed by atoms with Crippen molar-refractivity contribution in [1.29, 1.82) is 0 Å². The fourth-order valence-corrected chi connectivity index (χ4v) is 0. The maximum atomic E-state index is 8.74. The fraction of sp³-hybridized carbons (Fsp3) is 0. The minimum Gasteiger partial charge on any atom is 0 e. The molecule has 7 heteroatoms. The normalized spacial score (nSPS) is 8.29. The Morgan fingerprint density at radius 3 is 1.14 bits per heavy atom. The molecule has 0 aromatic carbocycles. The van der Waals surface area contributed by atoms with E-state index < -0.39 is 10.4 Å². The smallest absolute Gasteiger partial charge is 0 e. The van der Waals surface area contributed by atoms with Gasteiger partial charge in [0, 0.05) is 5.48 Å². The molecule has 2 radical (unpaired) electrons. The summed E-state index contributed by atoms with van der Waals surface area (Å²) < 4.78 is 31.6. The van der Waals surface area contributed by atoms with Crippen LogP contribution in [-0.2, 0) is 15.9 Å². The summed E-state index contributed by atoms with van der Waals surface area (Å²) in [7, 11) is -4.67. The van der Waals surface area contributed by atoms with Crippen LogP contribution in [0.3, 0.4) is 0 Å². The standard InChI is InChI=1S/Ca.H2O4S.O.2H/c;1-5(2,3)4;;;/h;(H2,1,2,3,4);;;. The Balaban J connectivity index is -0.0000000800. The molecule has 0 aliphatic carbocycles. The minimum atomic E-state index is -4.67. The van der Waals surface area contributed by atoms with Gasteiger partial charge in [-0.3, -0.25) is 9.11 Å². The molecular weight excluding hydrogens is 152 g/mol. The molecule has 0 atom stereocenters. The summed E-state index contributed by atoms with van der Waals surface area (Å²) in [5.74, 6) is 0. The van der Waals surface area contributed by atoms with Crippen LogP contribution in [0.25, 0.3) is 0 Å². The monoisotopic (exact) mass is 156 g/mol. The van der Waals surface area contributed by atoms with Crippen molar-refractivity contribution >= 4 is 48.1 Å². The Morgan fingerprint density at radius 2 is 1.14 bits per heavy atom. The summed E-state index contributed by atoms with van der Waals surface area (Å²) in [6.45, 7) is 0. The van der Waals surface area contributed by atoms with E-state index in [-0.39, 0.29) is 43.2 Å². The zero-order valence-electron chi connectivity index (χ0n) is 2.53. The van der Waals surface area contributed by atoms with Crippen molar-refractivity contribution in [3.63, 3.8) is 0 Å². The average Bonchev–Trinajstić information content (AvgIpc) is 0.722. The second kappa shape index (κ2) is 5.23. The van der Waals surface area contributed by atoms with Crippen LogP contribution < -0.4 is 0 Å². The van der Waals surface area contributed by atoms with Crippen LogP contribution in [0.4, 0.5) is 0 Å². The van der Waals surface area contributed by atoms with Crippen LogP contribution in [-0.4, -0.2) is 55.3 Å². The van der Waals surface area contributed by atoms with Crippen LogP contribution in [0.1, 0.15) is 0 Å². The van der Waals surface area contributed by atoms with E-state index in [1.807, 2.05) is 0 Å². The molecule has 5 nitrogen and oxygen atoms in total. The Morgan fingerprint density at radius 1 is 1.14 bits per heavy atom. The second-order valence-electron chi connectivity index (χ2n) is 0.448. The molecule has 0 saturated heterocycles. The van der Waals surface area contributed by atoms with Crippen molar-refractivity contribution in [3.8, 4) is 0 Å². The van der Waals surface area contributed by atoms with Gasteiger partial charge in [-0.05, 0) is 0 Å². The molecule has 0 rings (SSSR count). The number of rotatable bonds is 0. The molecular formula is H4CaO5S. The van der Waals surface area contributed by atoms with Gasteiger partial charge in [0.05, 0.1) is 0 Å². The van der Waals surface area contributed by atoms with E-state index in [9.17, 15) is 0 Å². The van der Waals surface area contributed by atoms with Gasteiger partial charge in [0.2, 0.25) is 0 Å². The molecule has 0 amide bonds. The molecule has 0 unspecified atom stereocenters. The van der Waals surface area contributed by atoms with E-state index in [2.05, 4.69) is 0 Å².